The molecular weight excluding hydrogens is 298 g/mol. The lowest BCUT2D eigenvalue weighted by molar-refractivity contribution is 0.593. The molecule has 1 aromatic rings. The number of hydrogen-bond acceptors (Lipinski definition) is 5. The Morgan fingerprint density at radius 1 is 1.05 bits per heavy atom. The second-order valence-electron chi connectivity index (χ2n) is 4.64. The van der Waals surface area contributed by atoms with E-state index in [2.05, 4.69) is 5.32 Å². The van der Waals surface area contributed by atoms with E-state index in [1.165, 1.54) is 6.07 Å². The fourth-order valence-corrected chi connectivity index (χ4v) is 3.96. The normalized spacial score (nSPS) is 13.9. The third kappa shape index (κ3) is 4.49. The first-order valence-corrected chi connectivity index (χ1v) is 9.98. The van der Waals surface area contributed by atoms with Crippen LogP contribution in [0.5, 0.6) is 0 Å². The van der Waals surface area contributed by atoms with Crippen molar-refractivity contribution < 1.29 is 16.8 Å². The molecule has 1 atom stereocenters. The van der Waals surface area contributed by atoms with Crippen LogP contribution in [0.2, 0.25) is 0 Å². The smallest absolute Gasteiger partial charge is 0.180 e. The maximum Gasteiger partial charge on any atom is 0.180 e. The van der Waals surface area contributed by atoms with E-state index in [1.807, 2.05) is 0 Å². The molecule has 0 saturated heterocycles. The van der Waals surface area contributed by atoms with E-state index in [1.54, 1.807) is 39.0 Å². The van der Waals surface area contributed by atoms with Crippen molar-refractivity contribution in [1.82, 2.24) is 0 Å². The average Bonchev–Trinajstić information content (AvgIpc) is 2.38. The molecule has 7 heteroatoms. The number of sulfone groups is 2. The number of hydrogen-bond donors (Lipinski definition) is 1. The topological polar surface area (TPSA) is 80.3 Å². The molecule has 0 aliphatic heterocycles. The van der Waals surface area contributed by atoms with Crippen molar-refractivity contribution in [2.24, 2.45) is 0 Å². The van der Waals surface area contributed by atoms with E-state index in [-0.39, 0.29) is 28.2 Å². The Balaban J connectivity index is 3.00. The predicted octanol–water partition coefficient (Wildman–Crippen LogP) is 1.72. The highest BCUT2D eigenvalue weighted by atomic mass is 32.2. The highest BCUT2D eigenvalue weighted by Gasteiger charge is 2.19. The van der Waals surface area contributed by atoms with Gasteiger partial charge in [-0.3, -0.25) is 0 Å². The molecular formula is C13H21NO4S2. The molecule has 20 heavy (non-hydrogen) atoms. The molecule has 1 rings (SSSR count). The van der Waals surface area contributed by atoms with Crippen molar-refractivity contribution in [3.05, 3.63) is 24.3 Å². The Hall–Kier alpha value is -1.08. The molecule has 1 unspecified atom stereocenters. The summed E-state index contributed by atoms with van der Waals surface area (Å²) in [6, 6.07) is 6.20. The number of benzene rings is 1. The van der Waals surface area contributed by atoms with Crippen LogP contribution in [-0.2, 0) is 19.7 Å². The predicted molar refractivity (Wildman–Crippen MR) is 81.6 cm³/mol. The van der Waals surface area contributed by atoms with Gasteiger partial charge in [0.1, 0.15) is 0 Å². The molecule has 0 bridgehead atoms. The van der Waals surface area contributed by atoms with Crippen LogP contribution in [0, 0.1) is 0 Å². The van der Waals surface area contributed by atoms with Crippen molar-refractivity contribution in [1.29, 1.82) is 0 Å². The number of para-hydroxylation sites is 1. The van der Waals surface area contributed by atoms with Gasteiger partial charge in [0.05, 0.1) is 22.1 Å². The molecule has 0 amide bonds. The Kier molecular flexibility index (Phi) is 5.59. The Morgan fingerprint density at radius 3 is 2.20 bits per heavy atom. The van der Waals surface area contributed by atoms with Gasteiger partial charge in [-0.05, 0) is 19.1 Å². The van der Waals surface area contributed by atoms with Crippen LogP contribution in [0.15, 0.2) is 29.2 Å². The van der Waals surface area contributed by atoms with Gasteiger partial charge in [0, 0.05) is 11.8 Å². The Bertz CT molecular complexity index is 651. The van der Waals surface area contributed by atoms with E-state index >= 15 is 0 Å². The SMILES string of the molecule is CCS(=O)(=O)CC(C)Nc1ccccc1S(=O)(=O)CC. The van der Waals surface area contributed by atoms with E-state index in [9.17, 15) is 16.8 Å². The molecule has 0 aliphatic rings. The fourth-order valence-electron chi connectivity index (χ4n) is 1.82. The first-order valence-electron chi connectivity index (χ1n) is 6.50. The summed E-state index contributed by atoms with van der Waals surface area (Å²) in [7, 11) is -6.44. The highest BCUT2D eigenvalue weighted by molar-refractivity contribution is 7.91. The quantitative estimate of drug-likeness (QED) is 0.827. The minimum atomic E-state index is -3.34. The number of rotatable bonds is 7. The summed E-state index contributed by atoms with van der Waals surface area (Å²) in [5, 5.41) is 2.98. The summed E-state index contributed by atoms with van der Waals surface area (Å²) in [5.41, 5.74) is 0.452. The van der Waals surface area contributed by atoms with Crippen LogP contribution in [0.3, 0.4) is 0 Å². The third-order valence-electron chi connectivity index (χ3n) is 2.95. The van der Waals surface area contributed by atoms with Crippen LogP contribution >= 0.6 is 0 Å². The van der Waals surface area contributed by atoms with Gasteiger partial charge in [0.25, 0.3) is 0 Å². The first kappa shape index (κ1) is 17.0. The van der Waals surface area contributed by atoms with Gasteiger partial charge in [-0.1, -0.05) is 26.0 Å². The fraction of sp³-hybridized carbons (Fsp3) is 0.538. The van der Waals surface area contributed by atoms with E-state index in [0.29, 0.717) is 5.69 Å². The monoisotopic (exact) mass is 319 g/mol. The van der Waals surface area contributed by atoms with Gasteiger partial charge < -0.3 is 5.32 Å². The zero-order valence-corrected chi connectivity index (χ0v) is 13.6. The van der Waals surface area contributed by atoms with Crippen LogP contribution in [0.4, 0.5) is 5.69 Å². The van der Waals surface area contributed by atoms with Gasteiger partial charge in [0.15, 0.2) is 19.7 Å². The summed E-state index contributed by atoms with van der Waals surface area (Å²) in [5.74, 6) is 0.0608. The first-order chi connectivity index (χ1) is 9.22. The van der Waals surface area contributed by atoms with Crippen molar-refractivity contribution in [3.8, 4) is 0 Å². The molecule has 0 aromatic heterocycles. The van der Waals surface area contributed by atoms with Crippen LogP contribution in [0.1, 0.15) is 20.8 Å². The van der Waals surface area contributed by atoms with Gasteiger partial charge in [-0.15, -0.1) is 0 Å². The standard InChI is InChI=1S/C13H21NO4S2/c1-4-19(15,16)10-11(3)14-12-8-6-7-9-13(12)20(17,18)5-2/h6-9,11,14H,4-5,10H2,1-3H3. The van der Waals surface area contributed by atoms with Crippen LogP contribution < -0.4 is 5.32 Å². The molecule has 0 fully saturated rings. The molecule has 0 heterocycles. The number of anilines is 1. The molecule has 0 saturated carbocycles. The molecule has 0 radical (unpaired) electrons. The van der Waals surface area contributed by atoms with Crippen LogP contribution in [0.25, 0.3) is 0 Å². The third-order valence-corrected chi connectivity index (χ3v) is 6.62. The summed E-state index contributed by atoms with van der Waals surface area (Å²) < 4.78 is 47.1. The lowest BCUT2D eigenvalue weighted by Crippen LogP contribution is -2.27. The molecule has 0 spiro atoms. The second-order valence-corrected chi connectivity index (χ2v) is 9.29. The van der Waals surface area contributed by atoms with E-state index < -0.39 is 19.7 Å². The lowest BCUT2D eigenvalue weighted by atomic mass is 10.3. The van der Waals surface area contributed by atoms with Crippen molar-refractivity contribution in [2.45, 2.75) is 31.7 Å². The number of nitrogens with one attached hydrogen (secondary N) is 1. The molecule has 1 N–H and O–H groups in total. The van der Waals surface area contributed by atoms with Crippen molar-refractivity contribution in [3.63, 3.8) is 0 Å². The average molecular weight is 319 g/mol. The maximum absolute atomic E-state index is 12.0. The maximum atomic E-state index is 12.0. The summed E-state index contributed by atoms with van der Waals surface area (Å²) in [6.45, 7) is 4.90. The van der Waals surface area contributed by atoms with E-state index in [0.717, 1.165) is 0 Å². The summed E-state index contributed by atoms with van der Waals surface area (Å²) >= 11 is 0. The lowest BCUT2D eigenvalue weighted by Gasteiger charge is -2.17. The molecule has 1 aromatic carbocycles. The van der Waals surface area contributed by atoms with Gasteiger partial charge in [0.2, 0.25) is 0 Å². The largest absolute Gasteiger partial charge is 0.381 e. The minimum absolute atomic E-state index is 0.00727. The molecule has 5 nitrogen and oxygen atoms in total. The Labute approximate surface area is 121 Å². The van der Waals surface area contributed by atoms with Crippen molar-refractivity contribution >= 4 is 25.4 Å². The van der Waals surface area contributed by atoms with E-state index in [4.69, 9.17) is 0 Å². The Morgan fingerprint density at radius 2 is 1.65 bits per heavy atom. The zero-order valence-electron chi connectivity index (χ0n) is 12.0. The van der Waals surface area contributed by atoms with Crippen molar-refractivity contribution in [2.75, 3.05) is 22.6 Å². The summed E-state index contributed by atoms with van der Waals surface area (Å²) in [6.07, 6.45) is 0. The second kappa shape index (κ2) is 6.58. The van der Waals surface area contributed by atoms with Crippen LogP contribution in [-0.4, -0.2) is 40.1 Å². The molecule has 114 valence electrons. The minimum Gasteiger partial charge on any atom is -0.381 e. The van der Waals surface area contributed by atoms with Gasteiger partial charge in [-0.2, -0.15) is 0 Å². The molecule has 0 aliphatic carbocycles. The van der Waals surface area contributed by atoms with Gasteiger partial charge in [-0.25, -0.2) is 16.8 Å². The van der Waals surface area contributed by atoms with Gasteiger partial charge >= 0.3 is 0 Å². The zero-order chi connectivity index (χ0) is 15.4. The summed E-state index contributed by atoms with van der Waals surface area (Å²) in [4.78, 5) is 0.211. The highest BCUT2D eigenvalue weighted by Crippen LogP contribution is 2.22.